The van der Waals surface area contributed by atoms with E-state index in [1.165, 1.54) is 6.26 Å². The zero-order valence-corrected chi connectivity index (χ0v) is 16.7. The minimum Gasteiger partial charge on any atom is -0.467 e. The van der Waals surface area contributed by atoms with Crippen molar-refractivity contribution in [3.05, 3.63) is 35.4 Å². The zero-order valence-electron chi connectivity index (χ0n) is 16.7. The number of carbonyl (C=O) groups is 3. The van der Waals surface area contributed by atoms with Gasteiger partial charge >= 0.3 is 18.0 Å². The fourth-order valence-electron chi connectivity index (χ4n) is 3.67. The second kappa shape index (κ2) is 9.60. The van der Waals surface area contributed by atoms with Gasteiger partial charge in [-0.2, -0.15) is 0 Å². The van der Waals surface area contributed by atoms with E-state index in [0.29, 0.717) is 56.1 Å². The number of nitrogens with one attached hydrogen (secondary N) is 2. The molecule has 2 aliphatic rings. The molecule has 3 heterocycles. The Balaban J connectivity index is 1.78. The molecule has 0 spiro atoms. The molecule has 1 atom stereocenters. The molecule has 0 bridgehead atoms. The predicted octanol–water partition coefficient (Wildman–Crippen LogP) is 1.73. The van der Waals surface area contributed by atoms with Crippen LogP contribution in [0.5, 0.6) is 0 Å². The molecule has 0 aromatic carbocycles. The summed E-state index contributed by atoms with van der Waals surface area (Å²) in [4.78, 5) is 39.0. The first-order valence-corrected chi connectivity index (χ1v) is 9.93. The fourth-order valence-corrected chi connectivity index (χ4v) is 3.67. The first-order valence-electron chi connectivity index (χ1n) is 9.93. The van der Waals surface area contributed by atoms with Crippen molar-refractivity contribution in [2.75, 3.05) is 32.8 Å². The summed E-state index contributed by atoms with van der Waals surface area (Å²) in [5.41, 5.74) is 0.817. The second-order valence-corrected chi connectivity index (χ2v) is 6.96. The Hall–Kier alpha value is -2.81. The lowest BCUT2D eigenvalue weighted by atomic mass is 9.95. The first kappa shape index (κ1) is 20.9. The van der Waals surface area contributed by atoms with Crippen LogP contribution in [0.4, 0.5) is 4.79 Å². The van der Waals surface area contributed by atoms with Crippen molar-refractivity contribution >= 4 is 18.0 Å². The third kappa shape index (κ3) is 4.97. The fraction of sp³-hybridized carbons (Fsp3) is 0.550. The lowest BCUT2D eigenvalue weighted by Gasteiger charge is -2.34. The molecule has 0 radical (unpaired) electrons. The maximum atomic E-state index is 12.7. The van der Waals surface area contributed by atoms with Gasteiger partial charge in [-0.15, -0.1) is 0 Å². The normalized spacial score (nSPS) is 20.8. The van der Waals surface area contributed by atoms with E-state index in [1.807, 2.05) is 0 Å². The molecular weight excluding hydrogens is 378 g/mol. The highest BCUT2D eigenvalue weighted by atomic mass is 16.5. The summed E-state index contributed by atoms with van der Waals surface area (Å²) in [6.07, 6.45) is 2.84. The lowest BCUT2D eigenvalue weighted by molar-refractivity contribution is -0.149. The van der Waals surface area contributed by atoms with Gasteiger partial charge in [0, 0.05) is 12.2 Å². The van der Waals surface area contributed by atoms with Gasteiger partial charge in [-0.1, -0.05) is 0 Å². The van der Waals surface area contributed by atoms with Gasteiger partial charge in [0.25, 0.3) is 0 Å². The molecule has 1 aromatic rings. The van der Waals surface area contributed by atoms with Crippen molar-refractivity contribution < 1.29 is 28.3 Å². The van der Waals surface area contributed by atoms with Gasteiger partial charge < -0.3 is 24.5 Å². The van der Waals surface area contributed by atoms with Crippen molar-refractivity contribution in [1.82, 2.24) is 15.5 Å². The highest BCUT2D eigenvalue weighted by Gasteiger charge is 2.36. The largest absolute Gasteiger partial charge is 0.467 e. The molecule has 1 fully saturated rings. The van der Waals surface area contributed by atoms with Crippen LogP contribution in [-0.2, 0) is 19.1 Å². The van der Waals surface area contributed by atoms with Gasteiger partial charge in [-0.05, 0) is 51.9 Å². The van der Waals surface area contributed by atoms with Crippen molar-refractivity contribution in [3.63, 3.8) is 0 Å². The topological polar surface area (TPSA) is 110 Å². The van der Waals surface area contributed by atoms with E-state index in [2.05, 4.69) is 15.5 Å². The maximum absolute atomic E-state index is 12.7. The molecule has 29 heavy (non-hydrogen) atoms. The third-order valence-corrected chi connectivity index (χ3v) is 5.07. The minimum absolute atomic E-state index is 0.108. The number of amides is 2. The smallest absolute Gasteiger partial charge is 0.338 e. The summed E-state index contributed by atoms with van der Waals surface area (Å²) < 4.78 is 15.8. The Morgan fingerprint density at radius 1 is 1.21 bits per heavy atom. The average Bonchev–Trinajstić information content (AvgIpc) is 3.23. The van der Waals surface area contributed by atoms with Crippen LogP contribution >= 0.6 is 0 Å². The summed E-state index contributed by atoms with van der Waals surface area (Å²) in [7, 11) is 0. The van der Waals surface area contributed by atoms with Crippen LogP contribution in [-0.4, -0.2) is 55.7 Å². The van der Waals surface area contributed by atoms with Crippen LogP contribution in [0.1, 0.15) is 38.5 Å². The summed E-state index contributed by atoms with van der Waals surface area (Å²) in [5.74, 6) is -0.311. The van der Waals surface area contributed by atoms with Crippen LogP contribution < -0.4 is 10.6 Å². The lowest BCUT2D eigenvalue weighted by Crippen LogP contribution is -2.49. The van der Waals surface area contributed by atoms with Crippen molar-refractivity contribution in [2.24, 2.45) is 5.92 Å². The Morgan fingerprint density at radius 2 is 1.93 bits per heavy atom. The average molecular weight is 405 g/mol. The quantitative estimate of drug-likeness (QED) is 0.665. The third-order valence-electron chi connectivity index (χ3n) is 5.07. The second-order valence-electron chi connectivity index (χ2n) is 6.96. The number of ether oxygens (including phenoxy) is 2. The van der Waals surface area contributed by atoms with E-state index in [4.69, 9.17) is 13.9 Å². The Kier molecular flexibility index (Phi) is 6.92. The summed E-state index contributed by atoms with van der Waals surface area (Å²) in [6, 6.07) is 2.28. The molecule has 0 aliphatic carbocycles. The monoisotopic (exact) mass is 405 g/mol. The van der Waals surface area contributed by atoms with Gasteiger partial charge in [-0.3, -0.25) is 9.69 Å². The molecule has 1 saturated heterocycles. The summed E-state index contributed by atoms with van der Waals surface area (Å²) in [6.45, 7) is 5.83. The van der Waals surface area contributed by atoms with E-state index in [9.17, 15) is 14.4 Å². The number of urea groups is 1. The van der Waals surface area contributed by atoms with Crippen LogP contribution in [0.25, 0.3) is 0 Å². The van der Waals surface area contributed by atoms with E-state index < -0.39 is 18.0 Å². The van der Waals surface area contributed by atoms with Crippen molar-refractivity contribution in [3.8, 4) is 0 Å². The number of piperidine rings is 1. The highest BCUT2D eigenvalue weighted by Crippen LogP contribution is 2.29. The first-order chi connectivity index (χ1) is 14.0. The maximum Gasteiger partial charge on any atom is 0.338 e. The summed E-state index contributed by atoms with van der Waals surface area (Å²) >= 11 is 0. The predicted molar refractivity (Wildman–Crippen MR) is 103 cm³/mol. The Labute approximate surface area is 169 Å². The molecule has 158 valence electrons. The standard InChI is InChI=1S/C20H27N3O6/c1-3-27-18(24)13-7-9-23(10-8-13)12-14-16(19(25)28-4-2)17(22-20(26)21-14)15-6-5-11-29-15/h5-6,11,13,17H,3-4,7-10,12H2,1-2H3,(H2,21,22,26)/t17-/m0/s1. The Bertz CT molecular complexity index is 765. The van der Waals surface area contributed by atoms with Gasteiger partial charge in [-0.25, -0.2) is 9.59 Å². The van der Waals surface area contributed by atoms with Crippen LogP contribution in [0, 0.1) is 5.92 Å². The van der Waals surface area contributed by atoms with Gasteiger partial charge in [0.2, 0.25) is 0 Å². The number of likely N-dealkylation sites (tertiary alicyclic amines) is 1. The van der Waals surface area contributed by atoms with Crippen LogP contribution in [0.2, 0.25) is 0 Å². The van der Waals surface area contributed by atoms with E-state index in [1.54, 1.807) is 26.0 Å². The zero-order chi connectivity index (χ0) is 20.8. The van der Waals surface area contributed by atoms with Crippen molar-refractivity contribution in [1.29, 1.82) is 0 Å². The van der Waals surface area contributed by atoms with E-state index in [-0.39, 0.29) is 18.5 Å². The van der Waals surface area contributed by atoms with Gasteiger partial charge in [0.05, 0.1) is 31.0 Å². The van der Waals surface area contributed by atoms with Crippen LogP contribution in [0.15, 0.2) is 34.1 Å². The minimum atomic E-state index is -0.718. The molecule has 9 heteroatoms. The molecule has 0 unspecified atom stereocenters. The molecule has 3 rings (SSSR count). The highest BCUT2D eigenvalue weighted by molar-refractivity contribution is 5.95. The number of esters is 2. The molecule has 2 amide bonds. The number of carbonyl (C=O) groups excluding carboxylic acids is 3. The molecular formula is C20H27N3O6. The number of rotatable bonds is 7. The molecule has 2 aliphatic heterocycles. The molecule has 9 nitrogen and oxygen atoms in total. The molecule has 0 saturated carbocycles. The number of hydrogen-bond acceptors (Lipinski definition) is 7. The van der Waals surface area contributed by atoms with Gasteiger partial charge in [0.1, 0.15) is 11.8 Å². The van der Waals surface area contributed by atoms with E-state index >= 15 is 0 Å². The summed E-state index contributed by atoms with van der Waals surface area (Å²) in [5, 5.41) is 5.48. The molecule has 2 N–H and O–H groups in total. The van der Waals surface area contributed by atoms with E-state index in [0.717, 1.165) is 0 Å². The number of furan rings is 1. The van der Waals surface area contributed by atoms with Gasteiger partial charge in [0.15, 0.2) is 0 Å². The molecule has 1 aromatic heterocycles. The number of hydrogen-bond donors (Lipinski definition) is 2. The number of nitrogens with zero attached hydrogens (tertiary/aromatic N) is 1. The van der Waals surface area contributed by atoms with Crippen LogP contribution in [0.3, 0.4) is 0 Å². The van der Waals surface area contributed by atoms with Crippen molar-refractivity contribution in [2.45, 2.75) is 32.7 Å². The SMILES string of the molecule is CCOC(=O)C1=C(CN2CCC(C(=O)OCC)CC2)NC(=O)N[C@H]1c1ccco1. The Morgan fingerprint density at radius 3 is 2.55 bits per heavy atom.